The maximum atomic E-state index is 11.8. The van der Waals surface area contributed by atoms with E-state index in [4.69, 9.17) is 4.99 Å². The summed E-state index contributed by atoms with van der Waals surface area (Å²) in [6.07, 6.45) is 4.91. The van der Waals surface area contributed by atoms with E-state index in [0.29, 0.717) is 6.04 Å². The number of rotatable bonds is 9. The van der Waals surface area contributed by atoms with E-state index < -0.39 is 0 Å². The SMILES string of the molecule is CCNC(=NCCCCn1ccccc1=O)N1CCN(C(CC)c2ccccc2)CC1. The van der Waals surface area contributed by atoms with Crippen molar-refractivity contribution in [3.05, 3.63) is 70.6 Å². The molecule has 6 nitrogen and oxygen atoms in total. The summed E-state index contributed by atoms with van der Waals surface area (Å²) in [5, 5.41) is 3.46. The molecule has 1 unspecified atom stereocenters. The molecule has 1 aliphatic rings. The Bertz CT molecular complexity index is 855. The first-order valence-electron chi connectivity index (χ1n) is 11.7. The molecule has 6 heteroatoms. The van der Waals surface area contributed by atoms with Crippen molar-refractivity contribution in [2.75, 3.05) is 39.3 Å². The van der Waals surface area contributed by atoms with Crippen LogP contribution in [0.2, 0.25) is 0 Å². The number of hydrogen-bond acceptors (Lipinski definition) is 3. The fourth-order valence-corrected chi connectivity index (χ4v) is 4.28. The van der Waals surface area contributed by atoms with E-state index in [9.17, 15) is 4.79 Å². The van der Waals surface area contributed by atoms with Gasteiger partial charge in [-0.1, -0.05) is 43.3 Å². The summed E-state index contributed by atoms with van der Waals surface area (Å²) in [6.45, 7) is 10.9. The summed E-state index contributed by atoms with van der Waals surface area (Å²) in [4.78, 5) is 21.6. The Labute approximate surface area is 186 Å². The molecule has 0 bridgehead atoms. The lowest BCUT2D eigenvalue weighted by Crippen LogP contribution is -2.53. The van der Waals surface area contributed by atoms with Crippen LogP contribution < -0.4 is 10.9 Å². The average Bonchev–Trinajstić information content (AvgIpc) is 2.81. The van der Waals surface area contributed by atoms with Crippen LogP contribution in [0.4, 0.5) is 0 Å². The molecule has 168 valence electrons. The van der Waals surface area contributed by atoms with Gasteiger partial charge in [0.1, 0.15) is 0 Å². The number of piperazine rings is 1. The fraction of sp³-hybridized carbons (Fsp3) is 0.520. The quantitative estimate of drug-likeness (QED) is 0.382. The number of nitrogens with zero attached hydrogens (tertiary/aromatic N) is 4. The molecule has 1 fully saturated rings. The van der Waals surface area contributed by atoms with Gasteiger partial charge in [-0.15, -0.1) is 0 Å². The van der Waals surface area contributed by atoms with E-state index in [0.717, 1.165) is 71.0 Å². The smallest absolute Gasteiger partial charge is 0.250 e. The average molecular weight is 424 g/mol. The first-order chi connectivity index (χ1) is 15.2. The molecule has 3 rings (SSSR count). The molecule has 1 aromatic carbocycles. The lowest BCUT2D eigenvalue weighted by atomic mass is 10.0. The minimum Gasteiger partial charge on any atom is -0.357 e. The maximum Gasteiger partial charge on any atom is 0.250 e. The van der Waals surface area contributed by atoms with Crippen molar-refractivity contribution < 1.29 is 0 Å². The third-order valence-electron chi connectivity index (χ3n) is 5.93. The van der Waals surface area contributed by atoms with E-state index in [2.05, 4.69) is 59.3 Å². The minimum absolute atomic E-state index is 0.0677. The van der Waals surface area contributed by atoms with Crippen LogP contribution in [-0.2, 0) is 6.54 Å². The van der Waals surface area contributed by atoms with Crippen molar-refractivity contribution in [2.45, 2.75) is 45.7 Å². The highest BCUT2D eigenvalue weighted by molar-refractivity contribution is 5.80. The number of benzene rings is 1. The molecule has 0 radical (unpaired) electrons. The Hall–Kier alpha value is -2.60. The molecule has 2 heterocycles. The lowest BCUT2D eigenvalue weighted by Gasteiger charge is -2.40. The normalized spacial score (nSPS) is 16.3. The van der Waals surface area contributed by atoms with Gasteiger partial charge in [-0.2, -0.15) is 0 Å². The number of guanidine groups is 1. The summed E-state index contributed by atoms with van der Waals surface area (Å²) < 4.78 is 1.77. The number of unbranched alkanes of at least 4 members (excludes halogenated alkanes) is 1. The summed E-state index contributed by atoms with van der Waals surface area (Å²) in [6, 6.07) is 16.6. The Morgan fingerprint density at radius 1 is 1.00 bits per heavy atom. The standard InChI is InChI=1S/C25H37N5O/c1-3-23(22-12-6-5-7-13-22)28-18-20-30(21-19-28)25(26-4-2)27-15-9-11-17-29-16-10-8-14-24(29)31/h5-8,10,12-14,16,23H,3-4,9,11,15,17-21H2,1-2H3,(H,26,27). The molecule has 0 spiro atoms. The van der Waals surface area contributed by atoms with E-state index in [-0.39, 0.29) is 5.56 Å². The van der Waals surface area contributed by atoms with Gasteiger partial charge < -0.3 is 14.8 Å². The first kappa shape index (κ1) is 23.1. The molecular weight excluding hydrogens is 386 g/mol. The van der Waals surface area contributed by atoms with Gasteiger partial charge in [0.2, 0.25) is 5.56 Å². The maximum absolute atomic E-state index is 11.8. The van der Waals surface area contributed by atoms with Crippen LogP contribution in [-0.4, -0.2) is 59.6 Å². The molecule has 1 N–H and O–H groups in total. The third kappa shape index (κ3) is 6.69. The molecular formula is C25H37N5O. The molecule has 0 amide bonds. The summed E-state index contributed by atoms with van der Waals surface area (Å²) >= 11 is 0. The Morgan fingerprint density at radius 3 is 2.42 bits per heavy atom. The number of aryl methyl sites for hydroxylation is 1. The second-order valence-electron chi connectivity index (χ2n) is 8.03. The van der Waals surface area contributed by atoms with Crippen molar-refractivity contribution in [3.63, 3.8) is 0 Å². The van der Waals surface area contributed by atoms with Crippen LogP contribution in [0.5, 0.6) is 0 Å². The predicted octanol–water partition coefficient (Wildman–Crippen LogP) is 3.36. The molecule has 0 saturated carbocycles. The predicted molar refractivity (Wildman–Crippen MR) is 129 cm³/mol. The summed E-state index contributed by atoms with van der Waals surface area (Å²) in [7, 11) is 0. The molecule has 1 aliphatic heterocycles. The van der Waals surface area contributed by atoms with E-state index in [1.807, 2.05) is 12.3 Å². The molecule has 31 heavy (non-hydrogen) atoms. The Morgan fingerprint density at radius 2 is 1.74 bits per heavy atom. The van der Waals surface area contributed by atoms with E-state index in [1.54, 1.807) is 16.7 Å². The second kappa shape index (κ2) is 12.3. The second-order valence-corrected chi connectivity index (χ2v) is 8.03. The van der Waals surface area contributed by atoms with Crippen LogP contribution in [0.3, 0.4) is 0 Å². The zero-order valence-electron chi connectivity index (χ0n) is 19.0. The van der Waals surface area contributed by atoms with Crippen LogP contribution >= 0.6 is 0 Å². The van der Waals surface area contributed by atoms with Crippen LogP contribution in [0.25, 0.3) is 0 Å². The van der Waals surface area contributed by atoms with Crippen LogP contribution in [0, 0.1) is 0 Å². The van der Waals surface area contributed by atoms with Gasteiger partial charge in [0.05, 0.1) is 0 Å². The zero-order valence-corrected chi connectivity index (χ0v) is 19.0. The van der Waals surface area contributed by atoms with Crippen LogP contribution in [0.1, 0.15) is 44.7 Å². The van der Waals surface area contributed by atoms with Gasteiger partial charge in [-0.05, 0) is 37.8 Å². The van der Waals surface area contributed by atoms with Crippen molar-refractivity contribution in [1.29, 1.82) is 0 Å². The largest absolute Gasteiger partial charge is 0.357 e. The van der Waals surface area contributed by atoms with Gasteiger partial charge in [0, 0.05) is 64.1 Å². The first-order valence-corrected chi connectivity index (χ1v) is 11.7. The summed E-state index contributed by atoms with van der Waals surface area (Å²) in [5.74, 6) is 1.02. The summed E-state index contributed by atoms with van der Waals surface area (Å²) in [5.41, 5.74) is 1.48. The number of nitrogens with one attached hydrogen (secondary N) is 1. The molecule has 2 aromatic rings. The molecule has 1 atom stereocenters. The highest BCUT2D eigenvalue weighted by atomic mass is 16.1. The molecule has 1 aromatic heterocycles. The van der Waals surface area contributed by atoms with Crippen molar-refractivity contribution in [2.24, 2.45) is 4.99 Å². The van der Waals surface area contributed by atoms with Gasteiger partial charge in [0.25, 0.3) is 0 Å². The van der Waals surface area contributed by atoms with Crippen LogP contribution in [0.15, 0.2) is 64.5 Å². The Kier molecular flexibility index (Phi) is 9.16. The number of aliphatic imine (C=N–C) groups is 1. The van der Waals surface area contributed by atoms with E-state index >= 15 is 0 Å². The van der Waals surface area contributed by atoms with Gasteiger partial charge in [-0.3, -0.25) is 14.7 Å². The van der Waals surface area contributed by atoms with Crippen molar-refractivity contribution in [3.8, 4) is 0 Å². The Balaban J connectivity index is 1.49. The van der Waals surface area contributed by atoms with E-state index in [1.165, 1.54) is 5.56 Å². The third-order valence-corrected chi connectivity index (χ3v) is 5.93. The lowest BCUT2D eigenvalue weighted by molar-refractivity contribution is 0.127. The van der Waals surface area contributed by atoms with Crippen molar-refractivity contribution in [1.82, 2.24) is 19.7 Å². The number of hydrogen-bond donors (Lipinski definition) is 1. The minimum atomic E-state index is 0.0677. The van der Waals surface area contributed by atoms with Crippen molar-refractivity contribution >= 4 is 5.96 Å². The monoisotopic (exact) mass is 423 g/mol. The number of aromatic nitrogens is 1. The van der Waals surface area contributed by atoms with Gasteiger partial charge in [0.15, 0.2) is 5.96 Å². The highest BCUT2D eigenvalue weighted by Crippen LogP contribution is 2.25. The van der Waals surface area contributed by atoms with Gasteiger partial charge in [-0.25, -0.2) is 0 Å². The molecule has 1 saturated heterocycles. The molecule has 0 aliphatic carbocycles. The topological polar surface area (TPSA) is 52.9 Å². The highest BCUT2D eigenvalue weighted by Gasteiger charge is 2.25. The van der Waals surface area contributed by atoms with Gasteiger partial charge >= 0.3 is 0 Å². The fourth-order valence-electron chi connectivity index (χ4n) is 4.28. The number of pyridine rings is 1. The zero-order chi connectivity index (χ0) is 21.9.